The third-order valence-corrected chi connectivity index (χ3v) is 9.54. The van der Waals surface area contributed by atoms with Crippen LogP contribution in [-0.2, 0) is 19.6 Å². The molecule has 0 radical (unpaired) electrons. The highest BCUT2D eigenvalue weighted by Gasteiger charge is 2.35. The van der Waals surface area contributed by atoms with Gasteiger partial charge in [0, 0.05) is 31.6 Å². The van der Waals surface area contributed by atoms with Crippen molar-refractivity contribution in [1.82, 2.24) is 14.9 Å². The number of piperazine rings is 1. The minimum atomic E-state index is -3.70. The predicted octanol–water partition coefficient (Wildman–Crippen LogP) is 4.54. The first kappa shape index (κ1) is 29.0. The Morgan fingerprint density at radius 3 is 2.17 bits per heavy atom. The molecule has 1 amide bonds. The molecule has 1 saturated heterocycles. The molecule has 1 heterocycles. The van der Waals surface area contributed by atoms with Gasteiger partial charge in [-0.05, 0) is 73.6 Å². The van der Waals surface area contributed by atoms with Gasteiger partial charge in [0.15, 0.2) is 0 Å². The number of esters is 1. The molecule has 3 aromatic rings. The third kappa shape index (κ3) is 6.86. The number of rotatable bonds is 8. The number of carbonyl (C=O) groups is 2. The largest absolute Gasteiger partial charge is 0.462 e. The fourth-order valence-corrected chi connectivity index (χ4v) is 7.07. The number of benzene rings is 3. The molecule has 3 aromatic carbocycles. The Kier molecular flexibility index (Phi) is 9.17. The zero-order valence-electron chi connectivity index (χ0n) is 23.3. The summed E-state index contributed by atoms with van der Waals surface area (Å²) in [4.78, 5) is 27.6. The van der Waals surface area contributed by atoms with Crippen molar-refractivity contribution in [1.29, 1.82) is 0 Å². The van der Waals surface area contributed by atoms with E-state index in [0.717, 1.165) is 29.8 Å². The van der Waals surface area contributed by atoms with Gasteiger partial charge in [-0.3, -0.25) is 4.79 Å². The van der Waals surface area contributed by atoms with E-state index in [1.807, 2.05) is 35.2 Å². The maximum Gasteiger partial charge on any atom is 0.338 e. The number of amides is 1. The smallest absolute Gasteiger partial charge is 0.338 e. The molecule has 1 atom stereocenters. The minimum Gasteiger partial charge on any atom is -0.462 e. The van der Waals surface area contributed by atoms with E-state index in [2.05, 4.69) is 22.2 Å². The summed E-state index contributed by atoms with van der Waals surface area (Å²) >= 11 is 0. The van der Waals surface area contributed by atoms with E-state index in [4.69, 9.17) is 4.74 Å². The van der Waals surface area contributed by atoms with Crippen molar-refractivity contribution in [2.75, 3.05) is 26.2 Å². The summed E-state index contributed by atoms with van der Waals surface area (Å²) in [5.41, 5.74) is 3.32. The van der Waals surface area contributed by atoms with Gasteiger partial charge in [0.05, 0.1) is 23.1 Å². The van der Waals surface area contributed by atoms with Crippen molar-refractivity contribution in [3.8, 4) is 11.1 Å². The van der Waals surface area contributed by atoms with Crippen molar-refractivity contribution in [2.24, 2.45) is 5.92 Å². The van der Waals surface area contributed by atoms with E-state index in [1.54, 1.807) is 43.3 Å². The first-order chi connectivity index (χ1) is 19.9. The summed E-state index contributed by atoms with van der Waals surface area (Å²) in [6.07, 6.45) is 2.58. The van der Waals surface area contributed by atoms with E-state index < -0.39 is 10.0 Å². The second-order valence-corrected chi connectivity index (χ2v) is 12.4. The normalized spacial score (nSPS) is 21.3. The van der Waals surface area contributed by atoms with Crippen LogP contribution in [0.4, 0.5) is 0 Å². The van der Waals surface area contributed by atoms with Crippen molar-refractivity contribution >= 4 is 21.9 Å². The Morgan fingerprint density at radius 2 is 1.54 bits per heavy atom. The lowest BCUT2D eigenvalue weighted by molar-refractivity contribution is -0.140. The van der Waals surface area contributed by atoms with Gasteiger partial charge in [-0.15, -0.1) is 0 Å². The number of hydrogen-bond acceptors (Lipinski definition) is 6. The van der Waals surface area contributed by atoms with Gasteiger partial charge in [0.25, 0.3) is 0 Å². The minimum absolute atomic E-state index is 0.0205. The van der Waals surface area contributed by atoms with Crippen LogP contribution < -0.4 is 10.0 Å². The van der Waals surface area contributed by atoms with Gasteiger partial charge in [0.1, 0.15) is 0 Å². The summed E-state index contributed by atoms with van der Waals surface area (Å²) in [7, 11) is -3.70. The summed E-state index contributed by atoms with van der Waals surface area (Å²) in [6.45, 7) is 4.27. The van der Waals surface area contributed by atoms with Gasteiger partial charge in [-0.1, -0.05) is 54.6 Å². The van der Waals surface area contributed by atoms with E-state index >= 15 is 0 Å². The summed E-state index contributed by atoms with van der Waals surface area (Å²) in [5, 5.41) is 3.41. The lowest BCUT2D eigenvalue weighted by Crippen LogP contribution is -2.51. The van der Waals surface area contributed by atoms with Crippen LogP contribution in [0.5, 0.6) is 0 Å². The molecule has 1 aliphatic heterocycles. The highest BCUT2D eigenvalue weighted by atomic mass is 32.2. The molecule has 1 saturated carbocycles. The van der Waals surface area contributed by atoms with Crippen LogP contribution in [0.15, 0.2) is 83.8 Å². The summed E-state index contributed by atoms with van der Waals surface area (Å²) in [5.74, 6) is -0.285. The molecule has 0 spiro atoms. The van der Waals surface area contributed by atoms with Crippen molar-refractivity contribution in [3.63, 3.8) is 0 Å². The lowest BCUT2D eigenvalue weighted by Gasteiger charge is -2.40. The van der Waals surface area contributed by atoms with Crippen LogP contribution in [0.2, 0.25) is 0 Å². The lowest BCUT2D eigenvalue weighted by atomic mass is 9.85. The zero-order chi connectivity index (χ0) is 28.8. The molecular weight excluding hydrogens is 538 g/mol. The molecule has 2 aliphatic rings. The average Bonchev–Trinajstić information content (AvgIpc) is 3.01. The highest BCUT2D eigenvalue weighted by Crippen LogP contribution is 2.31. The molecule has 1 aliphatic carbocycles. The SMILES string of the molecule is CCOC(=O)c1ccc(-c2ccc(S(=O)(=O)NC3CCC(C(=O)N4CCNCC4c4ccccc4)CC3)cc2)cc1. The Labute approximate surface area is 242 Å². The van der Waals surface area contributed by atoms with E-state index in [0.29, 0.717) is 44.4 Å². The van der Waals surface area contributed by atoms with E-state index in [1.165, 1.54) is 0 Å². The maximum atomic E-state index is 13.5. The number of sulfonamides is 1. The Balaban J connectivity index is 1.17. The zero-order valence-corrected chi connectivity index (χ0v) is 24.1. The second kappa shape index (κ2) is 13.0. The monoisotopic (exact) mass is 575 g/mol. The molecule has 9 heteroatoms. The molecule has 41 heavy (non-hydrogen) atoms. The van der Waals surface area contributed by atoms with Gasteiger partial charge >= 0.3 is 5.97 Å². The standard InChI is InChI=1S/C32H37N3O5S/c1-2-40-32(37)27-10-8-23(9-11-27)24-14-18-29(19-15-24)41(38,39)34-28-16-12-26(13-17-28)31(36)35-21-20-33-22-30(35)25-6-4-3-5-7-25/h3-11,14-15,18-19,26,28,30,33-34H,2,12-13,16-17,20-22H2,1H3. The van der Waals surface area contributed by atoms with Gasteiger partial charge in [-0.25, -0.2) is 17.9 Å². The van der Waals surface area contributed by atoms with Crippen LogP contribution >= 0.6 is 0 Å². The van der Waals surface area contributed by atoms with Crippen LogP contribution in [-0.4, -0.2) is 57.5 Å². The van der Waals surface area contributed by atoms with Crippen LogP contribution in [0.25, 0.3) is 11.1 Å². The summed E-state index contributed by atoms with van der Waals surface area (Å²) in [6, 6.07) is 23.7. The Hall–Kier alpha value is -3.53. The molecule has 1 unspecified atom stereocenters. The van der Waals surface area contributed by atoms with Crippen molar-refractivity contribution in [2.45, 2.75) is 49.6 Å². The number of nitrogens with zero attached hydrogens (tertiary/aromatic N) is 1. The number of hydrogen-bond donors (Lipinski definition) is 2. The molecule has 0 aromatic heterocycles. The maximum absolute atomic E-state index is 13.5. The average molecular weight is 576 g/mol. The second-order valence-electron chi connectivity index (χ2n) is 10.7. The molecule has 0 bridgehead atoms. The molecule has 216 valence electrons. The van der Waals surface area contributed by atoms with Crippen LogP contribution in [0.3, 0.4) is 0 Å². The first-order valence-corrected chi connectivity index (χ1v) is 15.8. The van der Waals surface area contributed by atoms with Gasteiger partial charge in [0.2, 0.25) is 15.9 Å². The Bertz CT molecular complexity index is 1430. The molecular formula is C32H37N3O5S. The number of nitrogens with one attached hydrogen (secondary N) is 2. The predicted molar refractivity (Wildman–Crippen MR) is 158 cm³/mol. The quantitative estimate of drug-likeness (QED) is 0.382. The van der Waals surface area contributed by atoms with E-state index in [9.17, 15) is 18.0 Å². The van der Waals surface area contributed by atoms with Gasteiger partial charge < -0.3 is 15.0 Å². The molecule has 2 fully saturated rings. The first-order valence-electron chi connectivity index (χ1n) is 14.3. The highest BCUT2D eigenvalue weighted by molar-refractivity contribution is 7.89. The fraction of sp³-hybridized carbons (Fsp3) is 0.375. The molecule has 5 rings (SSSR count). The Morgan fingerprint density at radius 1 is 0.902 bits per heavy atom. The molecule has 8 nitrogen and oxygen atoms in total. The molecule has 2 N–H and O–H groups in total. The van der Waals surface area contributed by atoms with Crippen LogP contribution in [0.1, 0.15) is 54.6 Å². The topological polar surface area (TPSA) is 105 Å². The van der Waals surface area contributed by atoms with Crippen molar-refractivity contribution in [3.05, 3.63) is 90.0 Å². The number of ether oxygens (including phenoxy) is 1. The van der Waals surface area contributed by atoms with Crippen LogP contribution in [0, 0.1) is 5.92 Å². The fourth-order valence-electron chi connectivity index (χ4n) is 5.76. The number of carbonyl (C=O) groups excluding carboxylic acids is 2. The van der Waals surface area contributed by atoms with Gasteiger partial charge in [-0.2, -0.15) is 0 Å². The van der Waals surface area contributed by atoms with E-state index in [-0.39, 0.29) is 34.8 Å². The third-order valence-electron chi connectivity index (χ3n) is 8.00. The summed E-state index contributed by atoms with van der Waals surface area (Å²) < 4.78 is 34.2. The van der Waals surface area contributed by atoms with Crippen molar-refractivity contribution < 1.29 is 22.7 Å².